The van der Waals surface area contributed by atoms with Gasteiger partial charge in [-0.1, -0.05) is 218 Å². The topological polar surface area (TPSA) is 37.7 Å². The lowest BCUT2D eigenvalue weighted by Crippen LogP contribution is -2.61. The highest BCUT2D eigenvalue weighted by atomic mass is 16.3. The summed E-state index contributed by atoms with van der Waals surface area (Å²) in [6, 6.07) is 107. The molecular weight excluding hydrogens is 1020 g/mol. The van der Waals surface area contributed by atoms with Gasteiger partial charge in [-0.3, -0.25) is 0 Å². The summed E-state index contributed by atoms with van der Waals surface area (Å²) >= 11 is 0. The molecule has 0 bridgehead atoms. The Morgan fingerprint density at radius 2 is 0.655 bits per heavy atom. The normalized spacial score (nSPS) is 12.7. The number of hydrogen-bond donors (Lipinski definition) is 0. The first-order valence-electron chi connectivity index (χ1n) is 28.8. The zero-order valence-corrected chi connectivity index (χ0v) is 45.4. The number of benzene rings is 13. The summed E-state index contributed by atoms with van der Waals surface area (Å²) in [4.78, 5) is 5.23. The molecule has 13 aromatic carbocycles. The number of aromatic nitrogens is 1. The highest BCUT2D eigenvalue weighted by Gasteiger charge is 2.46. The van der Waals surface area contributed by atoms with Crippen molar-refractivity contribution in [3.05, 3.63) is 291 Å². The van der Waals surface area contributed by atoms with Crippen LogP contribution in [0, 0.1) is 0 Å². The molecule has 0 amide bonds. The van der Waals surface area contributed by atoms with E-state index < -0.39 is 0 Å². The Kier molecular flexibility index (Phi) is 10.1. The van der Waals surface area contributed by atoms with Gasteiger partial charge in [0.25, 0.3) is 6.71 Å². The van der Waals surface area contributed by atoms with Crippen molar-refractivity contribution in [1.82, 2.24) is 4.57 Å². The molecule has 5 heterocycles. The second-order valence-electron chi connectivity index (χ2n) is 22.2. The third kappa shape index (κ3) is 6.85. The Morgan fingerprint density at radius 3 is 1.14 bits per heavy atom. The van der Waals surface area contributed by atoms with Crippen molar-refractivity contribution in [3.63, 3.8) is 0 Å². The van der Waals surface area contributed by atoms with Crippen LogP contribution in [-0.4, -0.2) is 11.3 Å². The fourth-order valence-electron chi connectivity index (χ4n) is 14.2. The van der Waals surface area contributed by atoms with Crippen molar-refractivity contribution in [2.45, 2.75) is 0 Å². The number of fused-ring (bicyclic) bond motifs is 13. The van der Waals surface area contributed by atoms with Crippen molar-refractivity contribution in [2.24, 2.45) is 0 Å². The molecule has 16 aromatic rings. The summed E-state index contributed by atoms with van der Waals surface area (Å²) in [7, 11) is 0. The van der Waals surface area contributed by atoms with Gasteiger partial charge in [0, 0.05) is 77.3 Å². The minimum Gasteiger partial charge on any atom is -0.456 e. The Morgan fingerprint density at radius 1 is 0.262 bits per heavy atom. The molecule has 0 spiro atoms. The van der Waals surface area contributed by atoms with E-state index >= 15 is 0 Å². The maximum absolute atomic E-state index is 6.51. The highest BCUT2D eigenvalue weighted by Crippen LogP contribution is 2.53. The molecule has 0 saturated carbocycles. The van der Waals surface area contributed by atoms with Gasteiger partial charge in [0.15, 0.2) is 0 Å². The molecule has 390 valence electrons. The van der Waals surface area contributed by atoms with Gasteiger partial charge in [0.05, 0.1) is 28.1 Å². The first-order valence-corrected chi connectivity index (χ1v) is 28.8. The Hall–Kier alpha value is -11.1. The van der Waals surface area contributed by atoms with Crippen LogP contribution in [0.2, 0.25) is 0 Å². The molecule has 2 aliphatic heterocycles. The van der Waals surface area contributed by atoms with E-state index in [1.165, 1.54) is 27.2 Å². The van der Waals surface area contributed by atoms with E-state index in [9.17, 15) is 0 Å². The van der Waals surface area contributed by atoms with Crippen LogP contribution in [0.25, 0.3) is 116 Å². The Bertz CT molecular complexity index is 5040. The molecule has 0 saturated heterocycles. The van der Waals surface area contributed by atoms with Crippen LogP contribution in [0.3, 0.4) is 0 Å². The fraction of sp³-hybridized carbons (Fsp3) is 0. The van der Waals surface area contributed by atoms with Crippen LogP contribution in [0.15, 0.2) is 300 Å². The number of hydrogen-bond acceptors (Lipinski definition) is 4. The van der Waals surface area contributed by atoms with Crippen LogP contribution >= 0.6 is 0 Å². The summed E-state index contributed by atoms with van der Waals surface area (Å²) < 4.78 is 15.5. The molecular formula is C78H48BN3O2. The molecule has 0 unspecified atom stereocenters. The van der Waals surface area contributed by atoms with Crippen molar-refractivity contribution < 1.29 is 8.83 Å². The van der Waals surface area contributed by atoms with Crippen LogP contribution in [0.1, 0.15) is 0 Å². The second-order valence-corrected chi connectivity index (χ2v) is 22.2. The van der Waals surface area contributed by atoms with Gasteiger partial charge < -0.3 is 23.2 Å². The largest absolute Gasteiger partial charge is 0.456 e. The lowest BCUT2D eigenvalue weighted by molar-refractivity contribution is 0.668. The van der Waals surface area contributed by atoms with E-state index in [1.54, 1.807) is 0 Å². The monoisotopic (exact) mass is 1070 g/mol. The highest BCUT2D eigenvalue weighted by molar-refractivity contribution is 7.00. The predicted molar refractivity (Wildman–Crippen MR) is 351 cm³/mol. The molecule has 0 radical (unpaired) electrons. The SMILES string of the molecule is c1ccc(-c2ccccc2N2c3cc(-n4c5ccccc5c5ccccc54)cc4c3B(c3cccc(-c5ccc6oc7ccccc7c6c5)c32)c2cccc(-c3ccc5oc6ccccc6c5c3)c2N4c2ccccc2-c2ccccc2)cc1. The van der Waals surface area contributed by atoms with Gasteiger partial charge in [-0.25, -0.2) is 0 Å². The van der Waals surface area contributed by atoms with Crippen LogP contribution < -0.4 is 26.2 Å². The molecule has 18 rings (SSSR count). The summed E-state index contributed by atoms with van der Waals surface area (Å²) in [5.74, 6) is 0. The van der Waals surface area contributed by atoms with Crippen LogP contribution in [-0.2, 0) is 0 Å². The molecule has 0 fully saturated rings. The number of rotatable bonds is 7. The summed E-state index contributed by atoms with van der Waals surface area (Å²) in [6.45, 7) is -0.218. The van der Waals surface area contributed by atoms with Crippen molar-refractivity contribution >= 4 is 123 Å². The molecule has 0 aliphatic carbocycles. The van der Waals surface area contributed by atoms with Gasteiger partial charge in [-0.05, 0) is 111 Å². The summed E-state index contributed by atoms with van der Waals surface area (Å²) in [5.41, 5.74) is 26.2. The van der Waals surface area contributed by atoms with E-state index in [1.807, 2.05) is 12.1 Å². The maximum Gasteiger partial charge on any atom is 0.252 e. The van der Waals surface area contributed by atoms with E-state index in [0.29, 0.717) is 0 Å². The van der Waals surface area contributed by atoms with E-state index in [-0.39, 0.29) is 6.71 Å². The lowest BCUT2D eigenvalue weighted by atomic mass is 9.33. The zero-order chi connectivity index (χ0) is 55.0. The quantitative estimate of drug-likeness (QED) is 0.149. The number of para-hydroxylation sites is 8. The lowest BCUT2D eigenvalue weighted by Gasteiger charge is -2.46. The summed E-state index contributed by atoms with van der Waals surface area (Å²) in [5, 5.41) is 6.79. The summed E-state index contributed by atoms with van der Waals surface area (Å²) in [6.07, 6.45) is 0. The molecule has 6 heteroatoms. The van der Waals surface area contributed by atoms with Crippen molar-refractivity contribution in [1.29, 1.82) is 0 Å². The maximum atomic E-state index is 6.51. The van der Waals surface area contributed by atoms with E-state index in [4.69, 9.17) is 8.83 Å². The number of furan rings is 2. The molecule has 0 atom stereocenters. The smallest absolute Gasteiger partial charge is 0.252 e. The minimum absolute atomic E-state index is 0.218. The minimum atomic E-state index is -0.218. The van der Waals surface area contributed by atoms with Crippen LogP contribution in [0.4, 0.5) is 34.1 Å². The van der Waals surface area contributed by atoms with E-state index in [0.717, 1.165) is 139 Å². The molecule has 0 N–H and O–H groups in total. The first kappa shape index (κ1) is 46.7. The first-order chi connectivity index (χ1) is 41.7. The second kappa shape index (κ2) is 18.2. The molecule has 5 nitrogen and oxygen atoms in total. The third-order valence-electron chi connectivity index (χ3n) is 17.8. The Balaban J connectivity index is 1.02. The van der Waals surface area contributed by atoms with Gasteiger partial charge in [-0.2, -0.15) is 0 Å². The van der Waals surface area contributed by atoms with Crippen molar-refractivity contribution in [2.75, 3.05) is 9.80 Å². The predicted octanol–water partition coefficient (Wildman–Crippen LogP) is 19.3. The number of anilines is 6. The fourth-order valence-corrected chi connectivity index (χ4v) is 14.2. The van der Waals surface area contributed by atoms with Gasteiger partial charge in [0.1, 0.15) is 22.3 Å². The molecule has 84 heavy (non-hydrogen) atoms. The molecule has 3 aromatic heterocycles. The molecule has 2 aliphatic rings. The Labute approximate surface area is 484 Å². The zero-order valence-electron chi connectivity index (χ0n) is 45.4. The average molecular weight is 1070 g/mol. The third-order valence-corrected chi connectivity index (χ3v) is 17.8. The van der Waals surface area contributed by atoms with Gasteiger partial charge in [0.2, 0.25) is 0 Å². The standard InChI is InChI=1S/C78H48BN3O2/c1-3-21-49(22-4-1)54-25-7-13-35-66(54)81-70-47-53(80-68-37-15-9-27-58(68)59-28-10-16-38-69(59)80)48-71-76(70)79(64-33-19-31-56(77(64)81)51-41-43-74-62(45-51)60-29-11-17-39-72(60)83-74)65-34-20-32-57(52-42-44-75-63(46-52)61-30-12-18-40-73(61)84-75)78(65)82(71)67-36-14-8-26-55(67)50-23-5-2-6-24-50/h1-48H. The van der Waals surface area contributed by atoms with Crippen LogP contribution in [0.5, 0.6) is 0 Å². The van der Waals surface area contributed by atoms with Gasteiger partial charge >= 0.3 is 0 Å². The average Bonchev–Trinajstić information content (AvgIpc) is 0.915. The number of nitrogens with zero attached hydrogens (tertiary/aromatic N) is 3. The van der Waals surface area contributed by atoms with Crippen molar-refractivity contribution in [3.8, 4) is 50.2 Å². The van der Waals surface area contributed by atoms with Gasteiger partial charge in [-0.15, -0.1) is 0 Å². The van der Waals surface area contributed by atoms with E-state index in [2.05, 4.69) is 293 Å².